The molecule has 0 amide bonds. The molecule has 1 N–H and O–H groups in total. The highest BCUT2D eigenvalue weighted by atomic mass is 35.5. The number of hydrogen-bond donors (Lipinski definition) is 1. The maximum Gasteiger partial charge on any atom is 0.337 e. The van der Waals surface area contributed by atoms with Crippen molar-refractivity contribution in [2.24, 2.45) is 0 Å². The fraction of sp³-hybridized carbons (Fsp3) is 0.0769. The minimum atomic E-state index is -1.06. The number of carboxylic acid groups (broad SMARTS) is 1. The molecule has 1 heterocycles. The molecule has 7 nitrogen and oxygen atoms in total. The third-order valence-electron chi connectivity index (χ3n) is 2.57. The number of rotatable bonds is 5. The summed E-state index contributed by atoms with van der Waals surface area (Å²) in [5, 5.41) is 19.4. The summed E-state index contributed by atoms with van der Waals surface area (Å²) in [5.41, 5.74) is 0.456. The number of aromatic carboxylic acids is 1. The summed E-state index contributed by atoms with van der Waals surface area (Å²) in [6, 6.07) is 6.79. The van der Waals surface area contributed by atoms with Crippen LogP contribution in [0.2, 0.25) is 5.02 Å². The molecule has 0 saturated carbocycles. The smallest absolute Gasteiger partial charge is 0.337 e. The molecule has 8 heteroatoms. The molecule has 0 aliphatic carbocycles. The summed E-state index contributed by atoms with van der Waals surface area (Å²) in [6.45, 7) is 0.0669. The number of benzene rings is 1. The number of nitrogens with zero attached hydrogens (tertiary/aromatic N) is 2. The van der Waals surface area contributed by atoms with Gasteiger partial charge < -0.3 is 9.84 Å². The SMILES string of the molecule is O=C(O)c1ccc(COc2ccc([N+](=O)[O-])cc2Cl)nc1. The van der Waals surface area contributed by atoms with Crippen LogP contribution in [0.4, 0.5) is 5.69 Å². The lowest BCUT2D eigenvalue weighted by Gasteiger charge is -2.07. The first-order valence-electron chi connectivity index (χ1n) is 5.72. The monoisotopic (exact) mass is 308 g/mol. The van der Waals surface area contributed by atoms with Crippen LogP contribution in [-0.2, 0) is 6.61 Å². The van der Waals surface area contributed by atoms with Gasteiger partial charge in [0.2, 0.25) is 0 Å². The maximum absolute atomic E-state index is 10.7. The van der Waals surface area contributed by atoms with Crippen molar-refractivity contribution in [2.75, 3.05) is 0 Å². The van der Waals surface area contributed by atoms with Crippen molar-refractivity contribution in [1.82, 2.24) is 4.98 Å². The van der Waals surface area contributed by atoms with E-state index in [4.69, 9.17) is 21.4 Å². The molecule has 0 unspecified atom stereocenters. The number of nitro groups is 1. The van der Waals surface area contributed by atoms with E-state index in [1.165, 1.54) is 36.5 Å². The number of carbonyl (C=O) groups is 1. The minimum absolute atomic E-state index is 0.0669. The third kappa shape index (κ3) is 3.67. The molecule has 0 aliphatic rings. The second-order valence-corrected chi connectivity index (χ2v) is 4.41. The highest BCUT2D eigenvalue weighted by molar-refractivity contribution is 6.32. The molecule has 2 aromatic rings. The van der Waals surface area contributed by atoms with Crippen LogP contribution in [0.5, 0.6) is 5.75 Å². The summed E-state index contributed by atoms with van der Waals surface area (Å²) in [5.74, 6) is -0.778. The fourth-order valence-corrected chi connectivity index (χ4v) is 1.74. The van der Waals surface area contributed by atoms with Crippen LogP contribution in [-0.4, -0.2) is 21.0 Å². The number of non-ortho nitro benzene ring substituents is 1. The van der Waals surface area contributed by atoms with Crippen molar-refractivity contribution in [2.45, 2.75) is 6.61 Å². The molecule has 108 valence electrons. The molecule has 0 bridgehead atoms. The fourth-order valence-electron chi connectivity index (χ4n) is 1.51. The quantitative estimate of drug-likeness (QED) is 0.673. The number of nitro benzene ring substituents is 1. The zero-order valence-corrected chi connectivity index (χ0v) is 11.3. The van der Waals surface area contributed by atoms with Crippen molar-refractivity contribution in [1.29, 1.82) is 0 Å². The molecule has 2 rings (SSSR count). The van der Waals surface area contributed by atoms with Gasteiger partial charge in [-0.25, -0.2) is 4.79 Å². The first-order chi connectivity index (χ1) is 9.97. The van der Waals surface area contributed by atoms with E-state index in [1.807, 2.05) is 0 Å². The number of aromatic nitrogens is 1. The lowest BCUT2D eigenvalue weighted by atomic mass is 10.2. The lowest BCUT2D eigenvalue weighted by molar-refractivity contribution is -0.384. The van der Waals surface area contributed by atoms with Crippen LogP contribution >= 0.6 is 11.6 Å². The largest absolute Gasteiger partial charge is 0.486 e. The van der Waals surface area contributed by atoms with Gasteiger partial charge in [-0.3, -0.25) is 15.1 Å². The molecule has 0 fully saturated rings. The summed E-state index contributed by atoms with van der Waals surface area (Å²) < 4.78 is 5.39. The highest BCUT2D eigenvalue weighted by Crippen LogP contribution is 2.29. The van der Waals surface area contributed by atoms with Crippen molar-refractivity contribution in [3.63, 3.8) is 0 Å². The van der Waals surface area contributed by atoms with Crippen molar-refractivity contribution < 1.29 is 19.6 Å². The standard InChI is InChI=1S/C13H9ClN2O5/c14-11-5-10(16(19)20)3-4-12(11)21-7-9-2-1-8(6-15-9)13(17)18/h1-6H,7H2,(H,17,18). The van der Waals surface area contributed by atoms with Crippen LogP contribution < -0.4 is 4.74 Å². The molecular weight excluding hydrogens is 300 g/mol. The second-order valence-electron chi connectivity index (χ2n) is 4.00. The van der Waals surface area contributed by atoms with E-state index >= 15 is 0 Å². The number of hydrogen-bond acceptors (Lipinski definition) is 5. The number of pyridine rings is 1. The first kappa shape index (κ1) is 14.7. The Balaban J connectivity index is 2.06. The Hall–Kier alpha value is -2.67. The van der Waals surface area contributed by atoms with Gasteiger partial charge in [0.1, 0.15) is 12.4 Å². The average Bonchev–Trinajstić information content (AvgIpc) is 2.46. The summed E-state index contributed by atoms with van der Waals surface area (Å²) in [4.78, 5) is 24.6. The Bertz CT molecular complexity index is 687. The van der Waals surface area contributed by atoms with Gasteiger partial charge in [-0.05, 0) is 18.2 Å². The van der Waals surface area contributed by atoms with Crippen LogP contribution in [0.15, 0.2) is 36.5 Å². The predicted octanol–water partition coefficient (Wildman–Crippen LogP) is 2.92. The Morgan fingerprint density at radius 1 is 1.38 bits per heavy atom. The van der Waals surface area contributed by atoms with E-state index in [2.05, 4.69) is 4.98 Å². The van der Waals surface area contributed by atoms with Gasteiger partial charge in [-0.15, -0.1) is 0 Å². The highest BCUT2D eigenvalue weighted by Gasteiger charge is 2.10. The Morgan fingerprint density at radius 3 is 2.67 bits per heavy atom. The topological polar surface area (TPSA) is 103 Å². The van der Waals surface area contributed by atoms with E-state index in [1.54, 1.807) is 0 Å². The zero-order chi connectivity index (χ0) is 15.4. The Kier molecular flexibility index (Phi) is 4.34. The molecule has 21 heavy (non-hydrogen) atoms. The molecule has 1 aromatic heterocycles. The van der Waals surface area contributed by atoms with E-state index in [0.29, 0.717) is 5.69 Å². The Morgan fingerprint density at radius 2 is 2.14 bits per heavy atom. The van der Waals surface area contributed by atoms with Crippen molar-refractivity contribution >= 4 is 23.3 Å². The average molecular weight is 309 g/mol. The van der Waals surface area contributed by atoms with Crippen LogP contribution in [0.1, 0.15) is 16.1 Å². The van der Waals surface area contributed by atoms with Gasteiger partial charge in [0.05, 0.1) is 21.2 Å². The van der Waals surface area contributed by atoms with Crippen molar-refractivity contribution in [3.8, 4) is 5.75 Å². The van der Waals surface area contributed by atoms with Crippen LogP contribution in [0.3, 0.4) is 0 Å². The number of halogens is 1. The second kappa shape index (κ2) is 6.19. The molecule has 0 spiro atoms. The van der Waals surface area contributed by atoms with E-state index in [9.17, 15) is 14.9 Å². The number of ether oxygens (including phenoxy) is 1. The molecule has 0 aliphatic heterocycles. The summed E-state index contributed by atoms with van der Waals surface area (Å²) in [7, 11) is 0. The minimum Gasteiger partial charge on any atom is -0.486 e. The van der Waals surface area contributed by atoms with E-state index in [-0.39, 0.29) is 28.6 Å². The van der Waals surface area contributed by atoms with Crippen LogP contribution in [0, 0.1) is 10.1 Å². The van der Waals surface area contributed by atoms with Gasteiger partial charge >= 0.3 is 5.97 Å². The molecule has 1 aromatic carbocycles. The van der Waals surface area contributed by atoms with Gasteiger partial charge in [-0.1, -0.05) is 11.6 Å². The summed E-state index contributed by atoms with van der Waals surface area (Å²) in [6.07, 6.45) is 1.22. The van der Waals surface area contributed by atoms with Gasteiger partial charge in [-0.2, -0.15) is 0 Å². The zero-order valence-electron chi connectivity index (χ0n) is 10.5. The number of carboxylic acids is 1. The lowest BCUT2D eigenvalue weighted by Crippen LogP contribution is -2.02. The van der Waals surface area contributed by atoms with Gasteiger partial charge in [0.15, 0.2) is 0 Å². The van der Waals surface area contributed by atoms with Gasteiger partial charge in [0, 0.05) is 18.3 Å². The molecule has 0 atom stereocenters. The molecule has 0 saturated heterocycles. The first-order valence-corrected chi connectivity index (χ1v) is 6.10. The molecular formula is C13H9ClN2O5. The van der Waals surface area contributed by atoms with E-state index < -0.39 is 10.9 Å². The van der Waals surface area contributed by atoms with E-state index in [0.717, 1.165) is 0 Å². The Labute approximate surface area is 123 Å². The normalized spacial score (nSPS) is 10.1. The molecule has 0 radical (unpaired) electrons. The van der Waals surface area contributed by atoms with Crippen LogP contribution in [0.25, 0.3) is 0 Å². The predicted molar refractivity (Wildman–Crippen MR) is 73.6 cm³/mol. The van der Waals surface area contributed by atoms with Gasteiger partial charge in [0.25, 0.3) is 5.69 Å². The summed E-state index contributed by atoms with van der Waals surface area (Å²) >= 11 is 5.88. The van der Waals surface area contributed by atoms with Crippen molar-refractivity contribution in [3.05, 3.63) is 62.9 Å². The third-order valence-corrected chi connectivity index (χ3v) is 2.87. The maximum atomic E-state index is 10.7.